The Kier molecular flexibility index (Phi) is 17.1. The smallest absolute Gasteiger partial charge is 0.255 e. The van der Waals surface area contributed by atoms with E-state index >= 15 is 0 Å². The number of carbonyl (C=O) groups is 5. The van der Waals surface area contributed by atoms with Gasteiger partial charge < -0.3 is 34.6 Å². The van der Waals surface area contributed by atoms with Crippen LogP contribution in [0.25, 0.3) is 21.3 Å². The van der Waals surface area contributed by atoms with Crippen molar-refractivity contribution >= 4 is 74.3 Å². The fraction of sp³-hybridized carbons (Fsp3) is 0.474. The van der Waals surface area contributed by atoms with E-state index < -0.39 is 5.79 Å². The largest absolute Gasteiger partial charge is 0.489 e. The first-order valence-electron chi connectivity index (χ1n) is 26.2. The summed E-state index contributed by atoms with van der Waals surface area (Å²) in [5.74, 6) is 1.05. The third-order valence-corrected chi connectivity index (χ3v) is 16.3. The molecule has 3 saturated heterocycles. The Morgan fingerprint density at radius 1 is 0.811 bits per heavy atom. The maximum atomic E-state index is 13.7. The van der Waals surface area contributed by atoms with Gasteiger partial charge in [0.1, 0.15) is 11.9 Å². The van der Waals surface area contributed by atoms with Gasteiger partial charge in [-0.1, -0.05) is 55.2 Å². The minimum atomic E-state index is -0.805. The number of carbonyl (C=O) groups excluding carboxylic acids is 5. The van der Waals surface area contributed by atoms with E-state index in [-0.39, 0.29) is 66.9 Å². The summed E-state index contributed by atoms with van der Waals surface area (Å²) < 4.78 is 20.5. The Morgan fingerprint density at radius 3 is 2.24 bits per heavy atom. The summed E-state index contributed by atoms with van der Waals surface area (Å²) in [5, 5.41) is 7.33. The molecule has 1 unspecified atom stereocenters. The van der Waals surface area contributed by atoms with Crippen LogP contribution >= 0.6 is 34.5 Å². The second-order valence-electron chi connectivity index (χ2n) is 20.4. The summed E-state index contributed by atoms with van der Waals surface area (Å²) in [7, 11) is 0. The van der Waals surface area contributed by atoms with Crippen molar-refractivity contribution in [2.24, 2.45) is 5.92 Å². The van der Waals surface area contributed by atoms with Gasteiger partial charge in [-0.3, -0.25) is 33.9 Å². The summed E-state index contributed by atoms with van der Waals surface area (Å²) in [6, 6.07) is 21.2. The Balaban J connectivity index is 0.634. The molecule has 0 bridgehead atoms. The average molecular weight is 1070 g/mol. The number of ether oxygens (including phenoxy) is 3. The highest BCUT2D eigenvalue weighted by Gasteiger charge is 2.46. The number of pyridine rings is 1. The van der Waals surface area contributed by atoms with Crippen molar-refractivity contribution in [1.82, 2.24) is 30.3 Å². The van der Waals surface area contributed by atoms with Crippen LogP contribution in [-0.2, 0) is 36.9 Å². The normalized spacial score (nSPS) is 17.2. The molecule has 5 aromatic rings. The molecule has 17 heteroatoms. The minimum absolute atomic E-state index is 0.0252. The summed E-state index contributed by atoms with van der Waals surface area (Å²) in [4.78, 5) is 74.9. The quantitative estimate of drug-likeness (QED) is 0.0568. The van der Waals surface area contributed by atoms with Crippen LogP contribution in [0.15, 0.2) is 72.9 Å². The zero-order valence-corrected chi connectivity index (χ0v) is 44.8. The minimum Gasteiger partial charge on any atom is -0.489 e. The number of halogens is 2. The Morgan fingerprint density at radius 2 is 1.51 bits per heavy atom. The molecule has 4 aliphatic rings. The molecular formula is C57H66Cl2N6O8S. The lowest BCUT2D eigenvalue weighted by molar-refractivity contribution is -0.148. The first-order valence-corrected chi connectivity index (χ1v) is 27.8. The van der Waals surface area contributed by atoms with Crippen molar-refractivity contribution in [3.05, 3.63) is 105 Å². The number of imide groups is 1. The van der Waals surface area contributed by atoms with Crippen LogP contribution in [-0.4, -0.2) is 107 Å². The number of aromatic nitrogens is 1. The Labute approximate surface area is 447 Å². The van der Waals surface area contributed by atoms with Gasteiger partial charge in [-0.25, -0.2) is 0 Å². The summed E-state index contributed by atoms with van der Waals surface area (Å²) in [6.45, 7) is 11.3. The number of amides is 5. The number of fused-ring (bicyclic) bond motifs is 2. The molecule has 9 rings (SSSR count). The number of unbranched alkanes of at least 4 members (excludes halogenated alkanes) is 1. The molecule has 4 aliphatic heterocycles. The number of hydrogen-bond donors (Lipinski definition) is 2. The van der Waals surface area contributed by atoms with Crippen molar-refractivity contribution in [1.29, 1.82) is 0 Å². The van der Waals surface area contributed by atoms with Gasteiger partial charge >= 0.3 is 0 Å². The lowest BCUT2D eigenvalue weighted by Crippen LogP contribution is -2.52. The summed E-state index contributed by atoms with van der Waals surface area (Å²) in [5.41, 5.74) is 5.55. The number of hydrogen-bond acceptors (Lipinski definition) is 11. The first-order chi connectivity index (χ1) is 35.7. The molecule has 14 nitrogen and oxygen atoms in total. The van der Waals surface area contributed by atoms with E-state index in [0.29, 0.717) is 92.7 Å². The predicted molar refractivity (Wildman–Crippen MR) is 288 cm³/mol. The van der Waals surface area contributed by atoms with Gasteiger partial charge in [-0.2, -0.15) is 0 Å². The molecular weight excluding hydrogens is 1000 g/mol. The molecule has 392 valence electrons. The molecule has 2 N–H and O–H groups in total. The van der Waals surface area contributed by atoms with E-state index in [9.17, 15) is 24.0 Å². The molecule has 0 aliphatic carbocycles. The fourth-order valence-electron chi connectivity index (χ4n) is 10.6. The van der Waals surface area contributed by atoms with E-state index in [1.54, 1.807) is 6.20 Å². The highest BCUT2D eigenvalue weighted by molar-refractivity contribution is 7.19. The van der Waals surface area contributed by atoms with E-state index in [1.165, 1.54) is 16.2 Å². The lowest BCUT2D eigenvalue weighted by Gasteiger charge is -2.39. The number of piperidine rings is 2. The molecule has 74 heavy (non-hydrogen) atoms. The third-order valence-electron chi connectivity index (χ3n) is 14.6. The van der Waals surface area contributed by atoms with Crippen LogP contribution in [0, 0.1) is 12.8 Å². The van der Waals surface area contributed by atoms with Gasteiger partial charge in [0.15, 0.2) is 11.5 Å². The van der Waals surface area contributed by atoms with Crippen LogP contribution in [0.3, 0.4) is 0 Å². The van der Waals surface area contributed by atoms with Crippen LogP contribution in [0.2, 0.25) is 10.0 Å². The van der Waals surface area contributed by atoms with Crippen molar-refractivity contribution in [2.45, 2.75) is 122 Å². The molecule has 3 fully saturated rings. The lowest BCUT2D eigenvalue weighted by atomic mass is 9.86. The zero-order valence-electron chi connectivity index (χ0n) is 42.5. The SMILES string of the molecule is Cc1cc(Cl)cc(-c2ccnc3cc(CN4C(=O)CCC4=O)sc23)c1OC1CCN(CCCNC(=O)CCCCNC(=O)CCc2ccc3c(c2)OC2(CCN(C(=O)C(c4ccc(Cl)cc4)C(C)C)CC2)O3)CC1. The van der Waals surface area contributed by atoms with Gasteiger partial charge in [0.25, 0.3) is 5.79 Å². The number of rotatable bonds is 20. The topological polar surface area (TPSA) is 160 Å². The maximum absolute atomic E-state index is 13.7. The third kappa shape index (κ3) is 12.8. The van der Waals surface area contributed by atoms with Crippen molar-refractivity contribution in [2.75, 3.05) is 45.8 Å². The van der Waals surface area contributed by atoms with Gasteiger partial charge in [0.2, 0.25) is 29.5 Å². The number of aryl methyl sites for hydroxylation is 2. The second-order valence-corrected chi connectivity index (χ2v) is 22.4. The number of likely N-dealkylation sites (tertiary alicyclic amines) is 3. The van der Waals surface area contributed by atoms with E-state index in [0.717, 1.165) is 87.6 Å². The maximum Gasteiger partial charge on any atom is 0.255 e. The van der Waals surface area contributed by atoms with Crippen molar-refractivity contribution in [3.63, 3.8) is 0 Å². The predicted octanol–water partition coefficient (Wildman–Crippen LogP) is 10.0. The van der Waals surface area contributed by atoms with Crippen LogP contribution in [0.5, 0.6) is 17.2 Å². The molecule has 2 aromatic heterocycles. The summed E-state index contributed by atoms with van der Waals surface area (Å²) in [6.07, 6.45) is 8.75. The molecule has 1 spiro atoms. The number of nitrogens with one attached hydrogen (secondary N) is 2. The highest BCUT2D eigenvalue weighted by atomic mass is 35.5. The molecule has 0 radical (unpaired) electrons. The fourth-order valence-corrected chi connectivity index (χ4v) is 12.1. The Bertz CT molecular complexity index is 2840. The molecule has 6 heterocycles. The van der Waals surface area contributed by atoms with Gasteiger partial charge in [-0.15, -0.1) is 11.3 Å². The highest BCUT2D eigenvalue weighted by Crippen LogP contribution is 2.46. The van der Waals surface area contributed by atoms with Gasteiger partial charge in [0, 0.05) is 110 Å². The molecule has 1 atom stereocenters. The molecule has 5 amide bonds. The van der Waals surface area contributed by atoms with E-state index in [2.05, 4.69) is 34.4 Å². The van der Waals surface area contributed by atoms with Gasteiger partial charge in [-0.05, 0) is 123 Å². The number of benzene rings is 3. The average Bonchev–Trinajstić information content (AvgIpc) is 4.07. The van der Waals surface area contributed by atoms with Crippen LogP contribution in [0.1, 0.15) is 112 Å². The number of thiophene rings is 1. The van der Waals surface area contributed by atoms with E-state index in [4.69, 9.17) is 37.4 Å². The second kappa shape index (κ2) is 23.9. The van der Waals surface area contributed by atoms with Crippen molar-refractivity contribution in [3.8, 4) is 28.4 Å². The van der Waals surface area contributed by atoms with Crippen LogP contribution in [0.4, 0.5) is 0 Å². The molecule has 3 aromatic carbocycles. The zero-order chi connectivity index (χ0) is 51.9. The Hall–Kier alpha value is -5.74. The van der Waals surface area contributed by atoms with E-state index in [1.807, 2.05) is 78.6 Å². The van der Waals surface area contributed by atoms with Crippen LogP contribution < -0.4 is 24.8 Å². The standard InChI is InChI=1S/C57H66Cl2N6O8S/c1-36(2)53(39-10-12-40(58)13-11-39)56(70)64-29-21-57(22-30-64)72-47-14-8-38(32-48(47)73-57)9-15-50(67)61-23-5-4-7-49(66)62-24-6-26-63-27-19-42(20-28-63)71-54-37(3)31-41(59)33-45(54)44-18-25-60-46-34-43(74-55(44)46)35-65-51(68)16-17-52(65)69/h8,10-14,18,25,31-34,36,42,53H,4-7,9,15-17,19-24,26-30,35H2,1-3H3,(H,61,67)(H,62,66). The molecule has 0 saturated carbocycles. The van der Waals surface area contributed by atoms with Gasteiger partial charge in [0.05, 0.1) is 22.7 Å². The summed E-state index contributed by atoms with van der Waals surface area (Å²) >= 11 is 14.3. The van der Waals surface area contributed by atoms with Crippen molar-refractivity contribution < 1.29 is 38.2 Å². The first kappa shape index (κ1) is 53.1. The number of nitrogens with zero attached hydrogens (tertiary/aromatic N) is 4. The monoisotopic (exact) mass is 1060 g/mol.